The Morgan fingerprint density at radius 1 is 1.00 bits per heavy atom. The summed E-state index contributed by atoms with van der Waals surface area (Å²) in [6.07, 6.45) is 1.68. The lowest BCUT2D eigenvalue weighted by molar-refractivity contribution is 0.0904. The van der Waals surface area contributed by atoms with Gasteiger partial charge in [-0.2, -0.15) is 5.10 Å². The number of aromatic nitrogens is 2. The van der Waals surface area contributed by atoms with Crippen molar-refractivity contribution >= 4 is 43.8 Å². The summed E-state index contributed by atoms with van der Waals surface area (Å²) in [5.41, 5.74) is 2.79. The zero-order valence-corrected chi connectivity index (χ0v) is 25.7. The number of H-pyrrole nitrogens is 1. The fourth-order valence-corrected chi connectivity index (χ4v) is 7.12. The zero-order valence-electron chi connectivity index (χ0n) is 24.8. The van der Waals surface area contributed by atoms with Crippen LogP contribution in [0.5, 0.6) is 0 Å². The van der Waals surface area contributed by atoms with Gasteiger partial charge in [-0.3, -0.25) is 14.8 Å². The van der Waals surface area contributed by atoms with Crippen molar-refractivity contribution in [2.75, 3.05) is 54.9 Å². The van der Waals surface area contributed by atoms with Crippen LogP contribution in [0.3, 0.4) is 0 Å². The van der Waals surface area contributed by atoms with Gasteiger partial charge in [-0.1, -0.05) is 6.07 Å². The van der Waals surface area contributed by atoms with Crippen LogP contribution in [0, 0.1) is 5.82 Å². The highest BCUT2D eigenvalue weighted by Crippen LogP contribution is 2.31. The summed E-state index contributed by atoms with van der Waals surface area (Å²) in [7, 11) is -4.00. The van der Waals surface area contributed by atoms with E-state index in [1.165, 1.54) is 30.3 Å². The number of fused-ring (bicyclic) bond motifs is 1. The number of hydrogen-bond acceptors (Lipinski definition) is 8. The van der Waals surface area contributed by atoms with Gasteiger partial charge < -0.3 is 20.3 Å². The minimum Gasteiger partial charge on any atom is -0.381 e. The molecule has 12 heteroatoms. The average Bonchev–Trinajstić information content (AvgIpc) is 3.43. The molecule has 2 saturated heterocycles. The van der Waals surface area contributed by atoms with Gasteiger partial charge in [-0.25, -0.2) is 12.8 Å². The third-order valence-corrected chi connectivity index (χ3v) is 10.2. The summed E-state index contributed by atoms with van der Waals surface area (Å²) >= 11 is 0. The number of halogens is 1. The van der Waals surface area contributed by atoms with Crippen LogP contribution in [-0.4, -0.2) is 80.9 Å². The summed E-state index contributed by atoms with van der Waals surface area (Å²) in [6.45, 7) is 9.52. The van der Waals surface area contributed by atoms with Gasteiger partial charge in [0.25, 0.3) is 5.91 Å². The number of carbonyl (C=O) groups is 1. The maximum absolute atomic E-state index is 13.8. The van der Waals surface area contributed by atoms with Gasteiger partial charge in [0, 0.05) is 68.2 Å². The van der Waals surface area contributed by atoms with Crippen LogP contribution < -0.4 is 15.5 Å². The van der Waals surface area contributed by atoms with E-state index in [4.69, 9.17) is 4.74 Å². The lowest BCUT2D eigenvalue weighted by Gasteiger charge is -2.38. The van der Waals surface area contributed by atoms with Crippen molar-refractivity contribution in [1.82, 2.24) is 15.1 Å². The Morgan fingerprint density at radius 2 is 1.75 bits per heavy atom. The minimum absolute atomic E-state index is 0.0312. The number of benzene rings is 3. The van der Waals surface area contributed by atoms with Crippen LogP contribution in [0.4, 0.5) is 21.6 Å². The van der Waals surface area contributed by atoms with Crippen LogP contribution >= 0.6 is 0 Å². The topological polar surface area (TPSA) is 120 Å². The second-order valence-corrected chi connectivity index (χ2v) is 13.5. The predicted octanol–water partition coefficient (Wildman–Crippen LogP) is 4.91. The molecule has 6 rings (SSSR count). The monoisotopic (exact) mass is 620 g/mol. The first kappa shape index (κ1) is 30.0. The molecule has 0 unspecified atom stereocenters. The highest BCUT2D eigenvalue weighted by molar-refractivity contribution is 7.91. The molecule has 10 nitrogen and oxygen atoms in total. The highest BCUT2D eigenvalue weighted by atomic mass is 32.2. The number of nitrogens with one attached hydrogen (secondary N) is 3. The van der Waals surface area contributed by atoms with Gasteiger partial charge >= 0.3 is 0 Å². The van der Waals surface area contributed by atoms with E-state index in [0.717, 1.165) is 56.5 Å². The lowest BCUT2D eigenvalue weighted by atomic mass is 10.1. The summed E-state index contributed by atoms with van der Waals surface area (Å²) in [4.78, 5) is 18.4. The van der Waals surface area contributed by atoms with Gasteiger partial charge in [-0.05, 0) is 81.3 Å². The van der Waals surface area contributed by atoms with Crippen molar-refractivity contribution in [3.05, 3.63) is 72.0 Å². The molecule has 4 aromatic rings. The number of sulfone groups is 1. The van der Waals surface area contributed by atoms with Crippen LogP contribution in [0.2, 0.25) is 0 Å². The molecule has 2 fully saturated rings. The van der Waals surface area contributed by atoms with Gasteiger partial charge in [-0.15, -0.1) is 0 Å². The van der Waals surface area contributed by atoms with Crippen molar-refractivity contribution < 1.29 is 22.3 Å². The van der Waals surface area contributed by atoms with E-state index in [1.807, 2.05) is 18.2 Å². The fraction of sp³-hybridized carbons (Fsp3) is 0.375. The van der Waals surface area contributed by atoms with Crippen molar-refractivity contribution in [2.45, 2.75) is 48.6 Å². The molecule has 0 saturated carbocycles. The Morgan fingerprint density at radius 3 is 2.48 bits per heavy atom. The normalized spacial score (nSPS) is 16.9. The van der Waals surface area contributed by atoms with Crippen LogP contribution in [0.25, 0.3) is 10.9 Å². The first-order chi connectivity index (χ1) is 21.2. The number of piperazine rings is 1. The number of anilines is 3. The Bertz CT molecular complexity index is 1760. The number of amides is 1. The SMILES string of the molecule is CC(C)N1CCN(c2ccc(C(=O)Nc3n[nH]c4ccc(S(=O)(=O)c5cccc(F)c5)cc34)c(NC3CCOCC3)c2)CC1. The number of aromatic amines is 1. The summed E-state index contributed by atoms with van der Waals surface area (Å²) < 4.78 is 45.8. The fourth-order valence-electron chi connectivity index (χ4n) is 5.81. The molecule has 0 bridgehead atoms. The van der Waals surface area contributed by atoms with E-state index in [-0.39, 0.29) is 27.6 Å². The molecule has 2 aliphatic rings. The van der Waals surface area contributed by atoms with E-state index in [0.29, 0.717) is 35.7 Å². The smallest absolute Gasteiger partial charge is 0.258 e. The van der Waals surface area contributed by atoms with E-state index in [2.05, 4.69) is 44.5 Å². The Kier molecular flexibility index (Phi) is 8.57. The largest absolute Gasteiger partial charge is 0.381 e. The van der Waals surface area contributed by atoms with Crippen LogP contribution in [0.15, 0.2) is 70.5 Å². The highest BCUT2D eigenvalue weighted by Gasteiger charge is 2.24. The van der Waals surface area contributed by atoms with E-state index < -0.39 is 15.7 Å². The lowest BCUT2D eigenvalue weighted by Crippen LogP contribution is -2.48. The number of ether oxygens (including phenoxy) is 1. The standard InChI is InChI=1S/C32H37FN6O4S/c1-21(2)38-12-14-39(15-13-38)24-6-8-27(30(19-24)34-23-10-16-43-17-11-23)32(40)35-31-28-20-26(7-9-29(28)36-37-31)44(41,42)25-5-3-4-22(33)18-25/h3-9,18-21,23,34H,10-17H2,1-2H3,(H2,35,36,37,40). The van der Waals surface area contributed by atoms with Gasteiger partial charge in [0.05, 0.1) is 20.9 Å². The summed E-state index contributed by atoms with van der Waals surface area (Å²) in [5.74, 6) is -0.813. The number of carbonyl (C=O) groups excluding carboxylic acids is 1. The van der Waals surface area contributed by atoms with E-state index >= 15 is 0 Å². The molecule has 0 spiro atoms. The number of hydrogen-bond donors (Lipinski definition) is 3. The third kappa shape index (κ3) is 6.28. The Hall–Kier alpha value is -4.00. The molecule has 1 aromatic heterocycles. The molecule has 232 valence electrons. The van der Waals surface area contributed by atoms with Crippen molar-refractivity contribution in [3.8, 4) is 0 Å². The maximum atomic E-state index is 13.8. The molecular formula is C32H37FN6O4S. The first-order valence-corrected chi connectivity index (χ1v) is 16.4. The van der Waals surface area contributed by atoms with Crippen molar-refractivity contribution in [2.24, 2.45) is 0 Å². The van der Waals surface area contributed by atoms with E-state index in [9.17, 15) is 17.6 Å². The first-order valence-electron chi connectivity index (χ1n) is 15.0. The Balaban J connectivity index is 1.28. The predicted molar refractivity (Wildman–Crippen MR) is 169 cm³/mol. The molecule has 3 aromatic carbocycles. The Labute approximate surface area is 256 Å². The molecule has 44 heavy (non-hydrogen) atoms. The van der Waals surface area contributed by atoms with Gasteiger partial charge in [0.1, 0.15) is 5.82 Å². The molecular weight excluding hydrogens is 583 g/mol. The molecule has 1 amide bonds. The molecule has 2 aliphatic heterocycles. The number of rotatable bonds is 8. The second-order valence-electron chi connectivity index (χ2n) is 11.6. The van der Waals surface area contributed by atoms with Crippen LogP contribution in [-0.2, 0) is 14.6 Å². The third-order valence-electron chi connectivity index (χ3n) is 8.42. The van der Waals surface area contributed by atoms with Gasteiger partial charge in [0.2, 0.25) is 9.84 Å². The van der Waals surface area contributed by atoms with Crippen LogP contribution in [0.1, 0.15) is 37.0 Å². The minimum atomic E-state index is -4.00. The quantitative estimate of drug-likeness (QED) is 0.254. The molecule has 3 N–H and O–H groups in total. The summed E-state index contributed by atoms with van der Waals surface area (Å²) in [6, 6.07) is 15.9. The van der Waals surface area contributed by atoms with Crippen molar-refractivity contribution in [3.63, 3.8) is 0 Å². The second kappa shape index (κ2) is 12.5. The number of nitrogens with zero attached hydrogens (tertiary/aromatic N) is 3. The molecule has 0 atom stereocenters. The average molecular weight is 621 g/mol. The molecule has 3 heterocycles. The van der Waals surface area contributed by atoms with Crippen molar-refractivity contribution in [1.29, 1.82) is 0 Å². The van der Waals surface area contributed by atoms with Gasteiger partial charge in [0.15, 0.2) is 5.82 Å². The molecule has 0 aliphatic carbocycles. The molecule has 0 radical (unpaired) electrons. The maximum Gasteiger partial charge on any atom is 0.258 e. The van der Waals surface area contributed by atoms with E-state index in [1.54, 1.807) is 6.07 Å². The zero-order chi connectivity index (χ0) is 30.8. The summed E-state index contributed by atoms with van der Waals surface area (Å²) in [5, 5.41) is 14.0.